The minimum Gasteiger partial charge on any atom is -0.488 e. The third-order valence-electron chi connectivity index (χ3n) is 4.47. The Labute approximate surface area is 154 Å². The number of hydrogen-bond donors (Lipinski definition) is 0. The molecule has 0 saturated carbocycles. The largest absolute Gasteiger partial charge is 0.488 e. The number of carbonyl (C=O) groups excluding carboxylic acids is 1. The van der Waals surface area contributed by atoms with Crippen LogP contribution < -0.4 is 4.74 Å². The summed E-state index contributed by atoms with van der Waals surface area (Å²) in [6.07, 6.45) is 0. The highest BCUT2D eigenvalue weighted by Gasteiger charge is 2.21. The second-order valence-electron chi connectivity index (χ2n) is 6.73. The van der Waals surface area contributed by atoms with Gasteiger partial charge in [-0.25, -0.2) is 4.68 Å². The molecule has 0 N–H and O–H groups in total. The maximum atomic E-state index is 13.1. The van der Waals surface area contributed by atoms with Crippen molar-refractivity contribution in [1.29, 1.82) is 0 Å². The minimum absolute atomic E-state index is 0.166. The zero-order chi connectivity index (χ0) is 18.7. The van der Waals surface area contributed by atoms with E-state index in [2.05, 4.69) is 18.9 Å². The number of hydrogen-bond acceptors (Lipinski definition) is 3. The first kappa shape index (κ1) is 17.9. The van der Waals surface area contributed by atoms with Gasteiger partial charge >= 0.3 is 0 Å². The van der Waals surface area contributed by atoms with E-state index in [0.29, 0.717) is 23.8 Å². The van der Waals surface area contributed by atoms with Gasteiger partial charge in [-0.2, -0.15) is 5.10 Å². The Hall–Kier alpha value is -2.88. The number of nitrogens with zero attached hydrogens (tertiary/aromatic N) is 2. The van der Waals surface area contributed by atoms with Crippen LogP contribution in [0.1, 0.15) is 52.6 Å². The van der Waals surface area contributed by atoms with E-state index in [1.54, 1.807) is 6.07 Å². The molecule has 0 saturated heterocycles. The van der Waals surface area contributed by atoms with E-state index >= 15 is 0 Å². The van der Waals surface area contributed by atoms with Gasteiger partial charge < -0.3 is 4.74 Å². The molecule has 0 atom stereocenters. The van der Waals surface area contributed by atoms with Crippen LogP contribution in [0.25, 0.3) is 0 Å². The summed E-state index contributed by atoms with van der Waals surface area (Å²) in [6, 6.07) is 17.2. The highest BCUT2D eigenvalue weighted by atomic mass is 16.5. The van der Waals surface area contributed by atoms with E-state index < -0.39 is 0 Å². The van der Waals surface area contributed by atoms with Gasteiger partial charge in [-0.15, -0.1) is 0 Å². The zero-order valence-electron chi connectivity index (χ0n) is 15.7. The van der Waals surface area contributed by atoms with Crippen LogP contribution in [0.5, 0.6) is 5.75 Å². The van der Waals surface area contributed by atoms with E-state index in [1.165, 1.54) is 4.68 Å². The summed E-state index contributed by atoms with van der Waals surface area (Å²) in [5.41, 5.74) is 4.49. The molecule has 0 aliphatic rings. The third-order valence-corrected chi connectivity index (χ3v) is 4.47. The van der Waals surface area contributed by atoms with Crippen molar-refractivity contribution in [3.63, 3.8) is 0 Å². The van der Waals surface area contributed by atoms with Crippen molar-refractivity contribution >= 4 is 5.91 Å². The number of ether oxygens (including phenoxy) is 1. The minimum atomic E-state index is -0.166. The van der Waals surface area contributed by atoms with Gasteiger partial charge in [0.15, 0.2) is 0 Å². The van der Waals surface area contributed by atoms with E-state index in [9.17, 15) is 4.79 Å². The highest BCUT2D eigenvalue weighted by Crippen LogP contribution is 2.25. The fourth-order valence-electron chi connectivity index (χ4n) is 3.31. The molecule has 4 heteroatoms. The zero-order valence-corrected chi connectivity index (χ0v) is 15.7. The molecule has 0 amide bonds. The first-order valence-corrected chi connectivity index (χ1v) is 8.85. The van der Waals surface area contributed by atoms with Gasteiger partial charge in [0, 0.05) is 5.69 Å². The van der Waals surface area contributed by atoms with Crippen LogP contribution >= 0.6 is 0 Å². The predicted molar refractivity (Wildman–Crippen MR) is 103 cm³/mol. The van der Waals surface area contributed by atoms with Crippen LogP contribution in [-0.2, 0) is 6.61 Å². The predicted octanol–water partition coefficient (Wildman–Crippen LogP) is 4.89. The van der Waals surface area contributed by atoms with E-state index in [1.807, 2.05) is 62.4 Å². The quantitative estimate of drug-likeness (QED) is 0.659. The first-order chi connectivity index (χ1) is 12.5. The van der Waals surface area contributed by atoms with Gasteiger partial charge in [-0.3, -0.25) is 4.79 Å². The van der Waals surface area contributed by atoms with Crippen LogP contribution in [0.2, 0.25) is 0 Å². The van der Waals surface area contributed by atoms with E-state index in [-0.39, 0.29) is 5.91 Å². The molecule has 0 fully saturated rings. The Kier molecular flexibility index (Phi) is 5.21. The number of para-hydroxylation sites is 1. The smallest absolute Gasteiger partial charge is 0.282 e. The van der Waals surface area contributed by atoms with E-state index in [0.717, 1.165) is 22.5 Å². The molecule has 0 bridgehead atoms. The molecule has 2 aromatic carbocycles. The van der Waals surface area contributed by atoms with Crippen LogP contribution in [0.3, 0.4) is 0 Å². The van der Waals surface area contributed by atoms with Gasteiger partial charge in [-0.05, 0) is 43.0 Å². The molecule has 0 aliphatic heterocycles. The van der Waals surface area contributed by atoms with Crippen molar-refractivity contribution in [2.45, 2.75) is 40.2 Å². The molecule has 4 nitrogen and oxygen atoms in total. The van der Waals surface area contributed by atoms with Crippen molar-refractivity contribution in [3.8, 4) is 5.75 Å². The maximum Gasteiger partial charge on any atom is 0.282 e. The Morgan fingerprint density at radius 2 is 1.69 bits per heavy atom. The van der Waals surface area contributed by atoms with Crippen LogP contribution in [0.4, 0.5) is 0 Å². The fraction of sp³-hybridized carbons (Fsp3) is 0.273. The SMILES string of the molecule is Cc1nn(C(=O)c2ccccc2OCc2ccccc2)c(C)c1C(C)C. The molecule has 3 aromatic rings. The lowest BCUT2D eigenvalue weighted by atomic mass is 10.0. The number of aromatic nitrogens is 2. The van der Waals surface area contributed by atoms with Crippen molar-refractivity contribution in [3.05, 3.63) is 82.7 Å². The van der Waals surface area contributed by atoms with Gasteiger partial charge in [0.05, 0.1) is 11.3 Å². The summed E-state index contributed by atoms with van der Waals surface area (Å²) in [5, 5.41) is 4.48. The monoisotopic (exact) mass is 348 g/mol. The Morgan fingerprint density at radius 3 is 2.35 bits per heavy atom. The van der Waals surface area contributed by atoms with Gasteiger partial charge in [0.25, 0.3) is 5.91 Å². The highest BCUT2D eigenvalue weighted by molar-refractivity contribution is 5.98. The Bertz CT molecular complexity index is 911. The Morgan fingerprint density at radius 1 is 1.04 bits per heavy atom. The average molecular weight is 348 g/mol. The summed E-state index contributed by atoms with van der Waals surface area (Å²) in [5.74, 6) is 0.724. The average Bonchev–Trinajstić information content (AvgIpc) is 2.95. The molecule has 3 rings (SSSR count). The molecule has 134 valence electrons. The van der Waals surface area contributed by atoms with Crippen molar-refractivity contribution in [2.24, 2.45) is 0 Å². The third kappa shape index (κ3) is 3.54. The van der Waals surface area contributed by atoms with Gasteiger partial charge in [0.2, 0.25) is 0 Å². The van der Waals surface area contributed by atoms with Crippen molar-refractivity contribution in [2.75, 3.05) is 0 Å². The first-order valence-electron chi connectivity index (χ1n) is 8.85. The van der Waals surface area contributed by atoms with Gasteiger partial charge in [0.1, 0.15) is 12.4 Å². The molecule has 1 aromatic heterocycles. The summed E-state index contributed by atoms with van der Waals surface area (Å²) in [4.78, 5) is 13.1. The summed E-state index contributed by atoms with van der Waals surface area (Å²) >= 11 is 0. The molecule has 26 heavy (non-hydrogen) atoms. The van der Waals surface area contributed by atoms with Crippen LogP contribution in [0.15, 0.2) is 54.6 Å². The molecule has 0 radical (unpaired) electrons. The lowest BCUT2D eigenvalue weighted by Crippen LogP contribution is -2.17. The molecule has 0 aliphatic carbocycles. The number of carbonyl (C=O) groups is 1. The maximum absolute atomic E-state index is 13.1. The normalized spacial score (nSPS) is 11.0. The summed E-state index contributed by atoms with van der Waals surface area (Å²) in [6.45, 7) is 8.54. The topological polar surface area (TPSA) is 44.1 Å². The van der Waals surface area contributed by atoms with Gasteiger partial charge in [-0.1, -0.05) is 56.3 Å². The molecular formula is C22H24N2O2. The number of rotatable bonds is 5. The van der Waals surface area contributed by atoms with Crippen LogP contribution in [0, 0.1) is 13.8 Å². The molecule has 0 spiro atoms. The standard InChI is InChI=1S/C22H24N2O2/c1-15(2)21-16(3)23-24(17(21)4)22(25)19-12-8-9-13-20(19)26-14-18-10-6-5-7-11-18/h5-13,15H,14H2,1-4H3. The molecule has 1 heterocycles. The second-order valence-corrected chi connectivity index (χ2v) is 6.73. The van der Waals surface area contributed by atoms with Crippen molar-refractivity contribution in [1.82, 2.24) is 9.78 Å². The second kappa shape index (κ2) is 7.56. The number of aryl methyl sites for hydroxylation is 1. The van der Waals surface area contributed by atoms with E-state index in [4.69, 9.17) is 4.74 Å². The fourth-order valence-corrected chi connectivity index (χ4v) is 3.31. The van der Waals surface area contributed by atoms with Crippen LogP contribution in [-0.4, -0.2) is 15.7 Å². The molecular weight excluding hydrogens is 324 g/mol. The summed E-state index contributed by atoms with van der Waals surface area (Å²) < 4.78 is 7.42. The summed E-state index contributed by atoms with van der Waals surface area (Å²) in [7, 11) is 0. The Balaban J connectivity index is 1.90. The molecule has 0 unspecified atom stereocenters. The lowest BCUT2D eigenvalue weighted by Gasteiger charge is -2.12. The lowest BCUT2D eigenvalue weighted by molar-refractivity contribution is 0.0937. The number of benzene rings is 2. The van der Waals surface area contributed by atoms with Crippen molar-refractivity contribution < 1.29 is 9.53 Å².